The number of hydrogen-bond acceptors (Lipinski definition) is 6. The van der Waals surface area contributed by atoms with Crippen LogP contribution in [0.4, 0.5) is 5.82 Å². The summed E-state index contributed by atoms with van der Waals surface area (Å²) in [5.74, 6) is 1.23. The lowest BCUT2D eigenvalue weighted by Gasteiger charge is -2.15. The summed E-state index contributed by atoms with van der Waals surface area (Å²) < 4.78 is 0. The molecule has 0 radical (unpaired) electrons. The summed E-state index contributed by atoms with van der Waals surface area (Å²) in [6.45, 7) is 3.92. The number of nitrogens with one attached hydrogen (secondary N) is 1. The lowest BCUT2D eigenvalue weighted by molar-refractivity contribution is -0.137. The van der Waals surface area contributed by atoms with E-state index in [1.54, 1.807) is 23.1 Å². The number of aryl methyl sites for hydroxylation is 2. The molecule has 0 spiro atoms. The Labute approximate surface area is 132 Å². The molecule has 1 atom stereocenters. The minimum Gasteiger partial charge on any atom is -0.480 e. The smallest absolute Gasteiger partial charge is 0.326 e. The molecule has 5 nitrogen and oxygen atoms in total. The van der Waals surface area contributed by atoms with Gasteiger partial charge < -0.3 is 10.4 Å². The first-order chi connectivity index (χ1) is 10.0. The maximum absolute atomic E-state index is 11.4. The normalized spacial score (nSPS) is 12.5. The molecule has 2 aromatic rings. The highest BCUT2D eigenvalue weighted by Gasteiger charge is 2.19. The molecule has 0 fully saturated rings. The lowest BCUT2D eigenvalue weighted by Crippen LogP contribution is -2.30. The van der Waals surface area contributed by atoms with Gasteiger partial charge >= 0.3 is 5.97 Å². The van der Waals surface area contributed by atoms with Crippen LogP contribution in [0.2, 0.25) is 0 Å². The number of carboxylic acids is 1. The topological polar surface area (TPSA) is 75.1 Å². The molecule has 114 valence electrons. The second-order valence-electron chi connectivity index (χ2n) is 4.72. The van der Waals surface area contributed by atoms with Crippen LogP contribution >= 0.6 is 23.1 Å². The van der Waals surface area contributed by atoms with Gasteiger partial charge in [-0.3, -0.25) is 0 Å². The summed E-state index contributed by atoms with van der Waals surface area (Å²) in [5.41, 5.74) is 0. The van der Waals surface area contributed by atoms with Gasteiger partial charge in [-0.25, -0.2) is 14.8 Å². The molecular weight excluding hydrogens is 306 g/mol. The zero-order valence-electron chi connectivity index (χ0n) is 12.3. The third-order valence-electron chi connectivity index (χ3n) is 3.12. The Morgan fingerprint density at radius 1 is 1.52 bits per heavy atom. The van der Waals surface area contributed by atoms with Crippen LogP contribution in [0.15, 0.2) is 6.07 Å². The van der Waals surface area contributed by atoms with E-state index in [-0.39, 0.29) is 0 Å². The van der Waals surface area contributed by atoms with E-state index in [0.29, 0.717) is 18.1 Å². The van der Waals surface area contributed by atoms with E-state index in [2.05, 4.69) is 28.3 Å². The largest absolute Gasteiger partial charge is 0.480 e. The fourth-order valence-electron chi connectivity index (χ4n) is 2.02. The number of carbonyl (C=O) groups is 1. The van der Waals surface area contributed by atoms with Crippen molar-refractivity contribution in [3.8, 4) is 0 Å². The molecule has 0 amide bonds. The van der Waals surface area contributed by atoms with E-state index < -0.39 is 12.0 Å². The van der Waals surface area contributed by atoms with Crippen LogP contribution in [0.5, 0.6) is 0 Å². The van der Waals surface area contributed by atoms with Gasteiger partial charge in [-0.15, -0.1) is 11.3 Å². The summed E-state index contributed by atoms with van der Waals surface area (Å²) >= 11 is 3.27. The molecular formula is C14H19N3O2S2. The predicted octanol–water partition coefficient (Wildman–Crippen LogP) is 3.18. The van der Waals surface area contributed by atoms with Gasteiger partial charge in [-0.2, -0.15) is 11.8 Å². The molecule has 7 heteroatoms. The first-order valence-electron chi connectivity index (χ1n) is 6.80. The second kappa shape index (κ2) is 7.09. The van der Waals surface area contributed by atoms with Gasteiger partial charge in [0.05, 0.1) is 5.39 Å². The van der Waals surface area contributed by atoms with Crippen molar-refractivity contribution < 1.29 is 9.90 Å². The Morgan fingerprint density at radius 2 is 2.29 bits per heavy atom. The minimum atomic E-state index is -0.848. The van der Waals surface area contributed by atoms with Gasteiger partial charge in [0, 0.05) is 4.88 Å². The average Bonchev–Trinajstić information content (AvgIpc) is 2.85. The number of carboxylic acid groups (broad SMARTS) is 1. The molecule has 0 unspecified atom stereocenters. The summed E-state index contributed by atoms with van der Waals surface area (Å²) in [6, 6.07) is 1.43. The lowest BCUT2D eigenvalue weighted by atomic mass is 10.2. The summed E-state index contributed by atoms with van der Waals surface area (Å²) in [4.78, 5) is 22.3. The molecule has 2 rings (SSSR count). The SMILES string of the molecule is CCc1cc2c(N[C@H](CCSC)C(=O)O)nc(C)nc2s1. The number of nitrogens with zero attached hydrogens (tertiary/aromatic N) is 2. The molecule has 0 saturated heterocycles. The fourth-order valence-corrected chi connectivity index (χ4v) is 3.50. The Balaban J connectivity index is 2.35. The number of thioether (sulfide) groups is 1. The van der Waals surface area contributed by atoms with Gasteiger partial charge in [0.15, 0.2) is 0 Å². The van der Waals surface area contributed by atoms with Crippen LogP contribution < -0.4 is 5.32 Å². The molecule has 0 saturated carbocycles. The Kier molecular flexibility index (Phi) is 5.41. The molecule has 2 N–H and O–H groups in total. The van der Waals surface area contributed by atoms with E-state index in [4.69, 9.17) is 0 Å². The number of fused-ring (bicyclic) bond motifs is 1. The summed E-state index contributed by atoms with van der Waals surface area (Å²) in [6.07, 6.45) is 3.47. The van der Waals surface area contributed by atoms with Gasteiger partial charge in [0.25, 0.3) is 0 Å². The van der Waals surface area contributed by atoms with Gasteiger partial charge in [-0.05, 0) is 37.8 Å². The van der Waals surface area contributed by atoms with Crippen LogP contribution in [0.1, 0.15) is 24.0 Å². The molecule has 2 heterocycles. The van der Waals surface area contributed by atoms with Crippen molar-refractivity contribution in [1.29, 1.82) is 0 Å². The molecule has 0 aliphatic heterocycles. The number of aliphatic carboxylic acids is 1. The third-order valence-corrected chi connectivity index (χ3v) is 4.94. The van der Waals surface area contributed by atoms with E-state index >= 15 is 0 Å². The monoisotopic (exact) mass is 325 g/mol. The van der Waals surface area contributed by atoms with Crippen LogP contribution in [-0.4, -0.2) is 39.1 Å². The number of thiophene rings is 1. The Hall–Kier alpha value is -1.34. The Morgan fingerprint density at radius 3 is 2.90 bits per heavy atom. The summed E-state index contributed by atoms with van der Waals surface area (Å²) in [7, 11) is 0. The first-order valence-corrected chi connectivity index (χ1v) is 9.01. The highest BCUT2D eigenvalue weighted by atomic mass is 32.2. The van der Waals surface area contributed by atoms with Crippen molar-refractivity contribution in [2.24, 2.45) is 0 Å². The highest BCUT2D eigenvalue weighted by Crippen LogP contribution is 2.29. The zero-order valence-corrected chi connectivity index (χ0v) is 14.0. The van der Waals surface area contributed by atoms with Gasteiger partial charge in [0.2, 0.25) is 0 Å². The maximum atomic E-state index is 11.4. The van der Waals surface area contributed by atoms with Crippen molar-refractivity contribution in [3.05, 3.63) is 16.8 Å². The van der Waals surface area contributed by atoms with Crippen molar-refractivity contribution in [2.45, 2.75) is 32.7 Å². The first kappa shape index (κ1) is 16.0. The highest BCUT2D eigenvalue weighted by molar-refractivity contribution is 7.98. The molecule has 2 aromatic heterocycles. The number of anilines is 1. The van der Waals surface area contributed by atoms with Crippen molar-refractivity contribution in [1.82, 2.24) is 9.97 Å². The number of aromatic nitrogens is 2. The van der Waals surface area contributed by atoms with Gasteiger partial charge in [-0.1, -0.05) is 6.92 Å². The van der Waals surface area contributed by atoms with Crippen LogP contribution in [0.3, 0.4) is 0 Å². The predicted molar refractivity (Wildman–Crippen MR) is 89.6 cm³/mol. The van der Waals surface area contributed by atoms with Crippen molar-refractivity contribution in [3.63, 3.8) is 0 Å². The maximum Gasteiger partial charge on any atom is 0.326 e. The molecule has 0 bridgehead atoms. The van der Waals surface area contributed by atoms with Crippen LogP contribution in [0.25, 0.3) is 10.2 Å². The van der Waals surface area contributed by atoms with E-state index in [1.807, 2.05) is 13.2 Å². The molecule has 0 aromatic carbocycles. The van der Waals surface area contributed by atoms with Gasteiger partial charge in [0.1, 0.15) is 22.5 Å². The van der Waals surface area contributed by atoms with E-state index in [0.717, 1.165) is 22.4 Å². The van der Waals surface area contributed by atoms with E-state index in [9.17, 15) is 9.90 Å². The zero-order chi connectivity index (χ0) is 15.4. The quantitative estimate of drug-likeness (QED) is 0.814. The fraction of sp³-hybridized carbons (Fsp3) is 0.500. The second-order valence-corrected chi connectivity index (χ2v) is 6.82. The van der Waals surface area contributed by atoms with Crippen molar-refractivity contribution in [2.75, 3.05) is 17.3 Å². The third kappa shape index (κ3) is 3.85. The average molecular weight is 325 g/mol. The Bertz CT molecular complexity index is 642. The minimum absolute atomic E-state index is 0.561. The molecule has 0 aliphatic rings. The molecule has 21 heavy (non-hydrogen) atoms. The van der Waals surface area contributed by atoms with Crippen LogP contribution in [0, 0.1) is 6.92 Å². The van der Waals surface area contributed by atoms with Crippen LogP contribution in [-0.2, 0) is 11.2 Å². The number of rotatable bonds is 7. The van der Waals surface area contributed by atoms with E-state index in [1.165, 1.54) is 4.88 Å². The van der Waals surface area contributed by atoms with Crippen molar-refractivity contribution >= 4 is 45.1 Å². The standard InChI is InChI=1S/C14H19N3O2S2/c1-4-9-7-10-12(15-8(2)16-13(10)21-9)17-11(14(18)19)5-6-20-3/h7,11H,4-6H2,1-3H3,(H,18,19)(H,15,16,17)/t11-/m1/s1. The molecule has 0 aliphatic carbocycles. The number of hydrogen-bond donors (Lipinski definition) is 2. The summed E-state index contributed by atoms with van der Waals surface area (Å²) in [5, 5.41) is 13.3.